The maximum Gasteiger partial charge on any atom is 0.315 e. The van der Waals surface area contributed by atoms with Crippen LogP contribution in [-0.4, -0.2) is 18.2 Å². The Labute approximate surface area is 128 Å². The summed E-state index contributed by atoms with van der Waals surface area (Å²) in [6, 6.07) is 5.34. The average molecular weight is 308 g/mol. The van der Waals surface area contributed by atoms with E-state index in [0.29, 0.717) is 16.3 Å². The van der Waals surface area contributed by atoms with E-state index in [1.54, 1.807) is 12.1 Å². The summed E-state index contributed by atoms with van der Waals surface area (Å²) in [6.45, 7) is 0. The molecule has 112 valence electrons. The van der Waals surface area contributed by atoms with Gasteiger partial charge in [0.2, 0.25) is 0 Å². The molecular weight excluding hydrogens is 290 g/mol. The van der Waals surface area contributed by atoms with Crippen LogP contribution in [0.25, 0.3) is 11.0 Å². The van der Waals surface area contributed by atoms with Crippen molar-refractivity contribution in [2.75, 3.05) is 7.11 Å². The molecule has 3 rings (SSSR count). The maximum atomic E-state index is 12.3. The first kappa shape index (κ1) is 14.4. The number of rotatable bonds is 3. The highest BCUT2D eigenvalue weighted by atomic mass is 35.5. The van der Waals surface area contributed by atoms with Gasteiger partial charge in [-0.1, -0.05) is 36.0 Å². The minimum absolute atomic E-state index is 0.239. The molecule has 0 radical (unpaired) electrons. The van der Waals surface area contributed by atoms with Gasteiger partial charge in [-0.15, -0.1) is 0 Å². The smallest absolute Gasteiger partial charge is 0.315 e. The summed E-state index contributed by atoms with van der Waals surface area (Å²) < 4.78 is 10.4. The maximum absolute atomic E-state index is 12.3. The number of nitrogens with zero attached hydrogens (tertiary/aromatic N) is 1. The van der Waals surface area contributed by atoms with Crippen molar-refractivity contribution in [3.63, 3.8) is 0 Å². The summed E-state index contributed by atoms with van der Waals surface area (Å²) >= 11 is 6.07. The molecule has 0 bridgehead atoms. The third kappa shape index (κ3) is 2.77. The lowest BCUT2D eigenvalue weighted by atomic mass is 9.78. The van der Waals surface area contributed by atoms with Crippen molar-refractivity contribution < 1.29 is 14.1 Å². The number of hydrogen-bond acceptors (Lipinski definition) is 4. The van der Waals surface area contributed by atoms with E-state index in [-0.39, 0.29) is 17.8 Å². The molecule has 4 nitrogen and oxygen atoms in total. The minimum atomic E-state index is -0.366. The molecule has 1 unspecified atom stereocenters. The summed E-state index contributed by atoms with van der Waals surface area (Å²) in [5.74, 6) is -0.342. The third-order valence-electron chi connectivity index (χ3n) is 4.33. The molecule has 1 aliphatic rings. The number of halogens is 1. The van der Waals surface area contributed by atoms with Gasteiger partial charge in [0.1, 0.15) is 11.6 Å². The molecule has 1 atom stereocenters. The van der Waals surface area contributed by atoms with E-state index in [1.807, 2.05) is 6.07 Å². The molecule has 21 heavy (non-hydrogen) atoms. The Bertz CT molecular complexity index is 646. The van der Waals surface area contributed by atoms with Crippen molar-refractivity contribution in [3.8, 4) is 0 Å². The van der Waals surface area contributed by atoms with Crippen LogP contribution in [-0.2, 0) is 9.53 Å². The van der Waals surface area contributed by atoms with Crippen LogP contribution in [0.5, 0.6) is 0 Å². The minimum Gasteiger partial charge on any atom is -0.468 e. The lowest BCUT2D eigenvalue weighted by molar-refractivity contribution is -0.144. The zero-order valence-corrected chi connectivity index (χ0v) is 12.7. The first-order valence-corrected chi connectivity index (χ1v) is 7.71. The van der Waals surface area contributed by atoms with Gasteiger partial charge in [0.05, 0.1) is 7.11 Å². The highest BCUT2D eigenvalue weighted by Gasteiger charge is 2.35. The molecule has 1 saturated carbocycles. The Morgan fingerprint density at radius 1 is 1.38 bits per heavy atom. The topological polar surface area (TPSA) is 52.3 Å². The second kappa shape index (κ2) is 6.06. The second-order valence-electron chi connectivity index (χ2n) is 5.61. The number of ether oxygens (including phenoxy) is 1. The highest BCUT2D eigenvalue weighted by molar-refractivity contribution is 6.31. The van der Waals surface area contributed by atoms with Gasteiger partial charge in [-0.2, -0.15) is 0 Å². The van der Waals surface area contributed by atoms with E-state index in [0.717, 1.165) is 31.1 Å². The first-order chi connectivity index (χ1) is 10.2. The number of fused-ring (bicyclic) bond motifs is 1. The fourth-order valence-electron chi connectivity index (χ4n) is 3.28. The van der Waals surface area contributed by atoms with Crippen molar-refractivity contribution in [1.82, 2.24) is 5.16 Å². The van der Waals surface area contributed by atoms with Crippen LogP contribution >= 0.6 is 11.6 Å². The van der Waals surface area contributed by atoms with Crippen molar-refractivity contribution in [1.29, 1.82) is 0 Å². The Morgan fingerprint density at radius 3 is 2.86 bits per heavy atom. The van der Waals surface area contributed by atoms with E-state index < -0.39 is 0 Å². The van der Waals surface area contributed by atoms with Crippen molar-refractivity contribution >= 4 is 28.5 Å². The fourth-order valence-corrected chi connectivity index (χ4v) is 3.45. The van der Waals surface area contributed by atoms with Crippen molar-refractivity contribution in [2.24, 2.45) is 5.92 Å². The van der Waals surface area contributed by atoms with Crippen LogP contribution in [0.4, 0.5) is 0 Å². The molecule has 1 heterocycles. The first-order valence-electron chi connectivity index (χ1n) is 7.33. The summed E-state index contributed by atoms with van der Waals surface area (Å²) in [6.07, 6.45) is 5.57. The van der Waals surface area contributed by atoms with Crippen LogP contribution < -0.4 is 0 Å². The van der Waals surface area contributed by atoms with E-state index in [9.17, 15) is 4.79 Å². The molecule has 0 saturated heterocycles. The monoisotopic (exact) mass is 307 g/mol. The van der Waals surface area contributed by atoms with Gasteiger partial charge in [-0.05, 0) is 37.0 Å². The van der Waals surface area contributed by atoms with Gasteiger partial charge >= 0.3 is 5.97 Å². The Morgan fingerprint density at radius 2 is 2.14 bits per heavy atom. The molecule has 1 aliphatic carbocycles. The van der Waals surface area contributed by atoms with Gasteiger partial charge in [0, 0.05) is 10.4 Å². The Kier molecular flexibility index (Phi) is 4.15. The van der Waals surface area contributed by atoms with Gasteiger partial charge in [-0.25, -0.2) is 0 Å². The van der Waals surface area contributed by atoms with Crippen LogP contribution in [0.2, 0.25) is 5.02 Å². The molecule has 1 aromatic heterocycles. The van der Waals surface area contributed by atoms with Crippen LogP contribution in [0, 0.1) is 5.92 Å². The predicted octanol–water partition coefficient (Wildman–Crippen LogP) is 4.32. The highest BCUT2D eigenvalue weighted by Crippen LogP contribution is 2.39. The summed E-state index contributed by atoms with van der Waals surface area (Å²) in [4.78, 5) is 12.3. The number of aromatic nitrogens is 1. The Balaban J connectivity index is 2.05. The number of carbonyl (C=O) groups is 1. The SMILES string of the molecule is COC(=O)C(c1noc2ccc(Cl)cc12)C1CCCCC1. The predicted molar refractivity (Wildman–Crippen MR) is 80.4 cm³/mol. The molecule has 5 heteroatoms. The lowest BCUT2D eigenvalue weighted by Gasteiger charge is -2.27. The molecule has 0 N–H and O–H groups in total. The quantitative estimate of drug-likeness (QED) is 0.792. The van der Waals surface area contributed by atoms with Crippen molar-refractivity contribution in [2.45, 2.75) is 38.0 Å². The molecule has 2 aromatic rings. The van der Waals surface area contributed by atoms with Gasteiger partial charge in [0.25, 0.3) is 0 Å². The van der Waals surface area contributed by atoms with Crippen LogP contribution in [0.15, 0.2) is 22.7 Å². The number of carbonyl (C=O) groups excluding carboxylic acids is 1. The van der Waals surface area contributed by atoms with E-state index in [1.165, 1.54) is 13.5 Å². The molecule has 0 aliphatic heterocycles. The van der Waals surface area contributed by atoms with Gasteiger partial charge in [-0.3, -0.25) is 4.79 Å². The van der Waals surface area contributed by atoms with Crippen molar-refractivity contribution in [3.05, 3.63) is 28.9 Å². The molecule has 1 aromatic carbocycles. The van der Waals surface area contributed by atoms with E-state index in [4.69, 9.17) is 20.9 Å². The normalized spacial score (nSPS) is 17.8. The van der Waals surface area contributed by atoms with Gasteiger partial charge < -0.3 is 9.26 Å². The van der Waals surface area contributed by atoms with Crippen LogP contribution in [0.3, 0.4) is 0 Å². The molecule has 1 fully saturated rings. The largest absolute Gasteiger partial charge is 0.468 e. The van der Waals surface area contributed by atoms with E-state index in [2.05, 4.69) is 5.16 Å². The third-order valence-corrected chi connectivity index (χ3v) is 4.57. The molecule has 0 amide bonds. The number of hydrogen-bond donors (Lipinski definition) is 0. The van der Waals surface area contributed by atoms with Gasteiger partial charge in [0.15, 0.2) is 5.58 Å². The second-order valence-corrected chi connectivity index (χ2v) is 6.04. The number of benzene rings is 1. The molecule has 0 spiro atoms. The zero-order chi connectivity index (χ0) is 14.8. The summed E-state index contributed by atoms with van der Waals surface area (Å²) in [5.41, 5.74) is 1.31. The van der Waals surface area contributed by atoms with Crippen LogP contribution in [0.1, 0.15) is 43.7 Å². The number of methoxy groups -OCH3 is 1. The lowest BCUT2D eigenvalue weighted by Crippen LogP contribution is -2.25. The fraction of sp³-hybridized carbons (Fsp3) is 0.500. The van der Waals surface area contributed by atoms with E-state index >= 15 is 0 Å². The number of esters is 1. The summed E-state index contributed by atoms with van der Waals surface area (Å²) in [7, 11) is 1.42. The Hall–Kier alpha value is -1.55. The summed E-state index contributed by atoms with van der Waals surface area (Å²) in [5, 5.41) is 5.57. The zero-order valence-electron chi connectivity index (χ0n) is 12.0. The average Bonchev–Trinajstić information content (AvgIpc) is 2.91. The molecular formula is C16H18ClNO3. The standard InChI is InChI=1S/C16H18ClNO3/c1-20-16(19)14(10-5-3-2-4-6-10)15-12-9-11(17)7-8-13(12)21-18-15/h7-10,14H,2-6H2,1H3.